The molecule has 0 atom stereocenters. The van der Waals surface area contributed by atoms with E-state index in [9.17, 15) is 0 Å². The molecule has 0 bridgehead atoms. The van der Waals surface area contributed by atoms with Crippen LogP contribution in [0.2, 0.25) is 0 Å². The van der Waals surface area contributed by atoms with E-state index in [0.29, 0.717) is 5.54 Å². The summed E-state index contributed by atoms with van der Waals surface area (Å²) in [7, 11) is 0. The summed E-state index contributed by atoms with van der Waals surface area (Å²) in [4.78, 5) is 7.67. The highest BCUT2D eigenvalue weighted by Gasteiger charge is 2.38. The first-order chi connectivity index (χ1) is 10.3. The zero-order valence-corrected chi connectivity index (χ0v) is 14.6. The molecule has 1 saturated heterocycles. The predicted molar refractivity (Wildman–Crippen MR) is 94.4 cm³/mol. The van der Waals surface area contributed by atoms with Crippen LogP contribution in [0, 0.1) is 0 Å². The van der Waals surface area contributed by atoms with Crippen LogP contribution in [0.15, 0.2) is 4.99 Å². The van der Waals surface area contributed by atoms with Crippen molar-refractivity contribution in [3.63, 3.8) is 0 Å². The van der Waals surface area contributed by atoms with E-state index in [-0.39, 0.29) is 0 Å². The molecule has 0 aromatic carbocycles. The molecule has 1 saturated carbocycles. The lowest BCUT2D eigenvalue weighted by atomic mass is 9.80. The predicted octanol–water partition coefficient (Wildman–Crippen LogP) is 2.31. The van der Waals surface area contributed by atoms with E-state index in [0.717, 1.165) is 25.6 Å². The number of guanidine groups is 1. The van der Waals surface area contributed by atoms with Crippen LogP contribution in [0.5, 0.6) is 0 Å². The van der Waals surface area contributed by atoms with Gasteiger partial charge < -0.3 is 10.6 Å². The molecule has 0 amide bonds. The van der Waals surface area contributed by atoms with Crippen LogP contribution in [0.4, 0.5) is 0 Å². The minimum atomic E-state index is 0.329. The van der Waals surface area contributed by atoms with Crippen molar-refractivity contribution < 1.29 is 0 Å². The van der Waals surface area contributed by atoms with Gasteiger partial charge >= 0.3 is 0 Å². The van der Waals surface area contributed by atoms with Gasteiger partial charge in [-0.15, -0.1) is 0 Å². The van der Waals surface area contributed by atoms with Gasteiger partial charge in [-0.1, -0.05) is 19.3 Å². The molecule has 2 aliphatic rings. The maximum Gasteiger partial charge on any atom is 0.191 e. The quantitative estimate of drug-likeness (QED) is 0.604. The molecule has 5 heteroatoms. The van der Waals surface area contributed by atoms with E-state index in [1.54, 1.807) is 0 Å². The smallest absolute Gasteiger partial charge is 0.191 e. The zero-order valence-electron chi connectivity index (χ0n) is 13.8. The summed E-state index contributed by atoms with van der Waals surface area (Å²) in [5.41, 5.74) is 0.329. The molecule has 1 aliphatic carbocycles. The van der Waals surface area contributed by atoms with Crippen molar-refractivity contribution in [3.8, 4) is 0 Å². The molecule has 21 heavy (non-hydrogen) atoms. The molecule has 1 heterocycles. The van der Waals surface area contributed by atoms with Crippen LogP contribution in [-0.4, -0.2) is 60.6 Å². The van der Waals surface area contributed by atoms with Gasteiger partial charge in [0.1, 0.15) is 0 Å². The van der Waals surface area contributed by atoms with E-state index < -0.39 is 0 Å². The Balaban J connectivity index is 2.05. The molecule has 0 radical (unpaired) electrons. The van der Waals surface area contributed by atoms with Crippen LogP contribution < -0.4 is 10.6 Å². The maximum atomic E-state index is 4.92. The first kappa shape index (κ1) is 16.9. The Morgan fingerprint density at radius 1 is 1.05 bits per heavy atom. The Bertz CT molecular complexity index is 312. The normalized spacial score (nSPS) is 22.6. The summed E-state index contributed by atoms with van der Waals surface area (Å²) < 4.78 is 0. The summed E-state index contributed by atoms with van der Waals surface area (Å²) in [6.07, 6.45) is 6.80. The fourth-order valence-electron chi connectivity index (χ4n) is 3.56. The van der Waals surface area contributed by atoms with Gasteiger partial charge in [0.25, 0.3) is 0 Å². The molecule has 2 rings (SSSR count). The second kappa shape index (κ2) is 8.89. The van der Waals surface area contributed by atoms with E-state index >= 15 is 0 Å². The van der Waals surface area contributed by atoms with Gasteiger partial charge in [0.2, 0.25) is 0 Å². The van der Waals surface area contributed by atoms with Crippen molar-refractivity contribution in [3.05, 3.63) is 0 Å². The highest BCUT2D eigenvalue weighted by molar-refractivity contribution is 7.99. The van der Waals surface area contributed by atoms with Crippen LogP contribution in [0.25, 0.3) is 0 Å². The number of hydrogen-bond acceptors (Lipinski definition) is 3. The van der Waals surface area contributed by atoms with Crippen molar-refractivity contribution >= 4 is 17.7 Å². The fraction of sp³-hybridized carbons (Fsp3) is 0.938. The molecule has 0 unspecified atom stereocenters. The van der Waals surface area contributed by atoms with Crippen molar-refractivity contribution in [2.24, 2.45) is 4.99 Å². The summed E-state index contributed by atoms with van der Waals surface area (Å²) in [6.45, 7) is 9.57. The molecule has 1 aliphatic heterocycles. The van der Waals surface area contributed by atoms with E-state index in [4.69, 9.17) is 4.99 Å². The Kier molecular flexibility index (Phi) is 7.17. The first-order valence-electron chi connectivity index (χ1n) is 8.66. The van der Waals surface area contributed by atoms with Gasteiger partial charge in [-0.25, -0.2) is 0 Å². The largest absolute Gasteiger partial charge is 0.357 e. The maximum absolute atomic E-state index is 4.92. The lowest BCUT2D eigenvalue weighted by Gasteiger charge is -2.47. The van der Waals surface area contributed by atoms with Gasteiger partial charge in [-0.2, -0.15) is 11.8 Å². The standard InChI is InChI=1S/C16H32N4S/c1-3-17-15(18-4-2)19-14-16(8-6-5-7-9-16)20-10-12-21-13-11-20/h3-14H2,1-2H3,(H2,17,18,19). The Hall–Kier alpha value is -0.420. The van der Waals surface area contributed by atoms with E-state index in [1.807, 2.05) is 0 Å². The minimum absolute atomic E-state index is 0.329. The SMILES string of the molecule is CCNC(=NCC1(N2CCSCC2)CCCCC1)NCC. The first-order valence-corrected chi connectivity index (χ1v) is 9.81. The molecule has 122 valence electrons. The molecule has 2 N–H and O–H groups in total. The number of aliphatic imine (C=N–C) groups is 1. The number of thioether (sulfide) groups is 1. The van der Waals surface area contributed by atoms with Crippen LogP contribution in [0.1, 0.15) is 46.0 Å². The molecule has 0 aromatic heterocycles. The van der Waals surface area contributed by atoms with Gasteiger partial charge in [0.05, 0.1) is 6.54 Å². The Labute approximate surface area is 134 Å². The summed E-state index contributed by atoms with van der Waals surface area (Å²) in [5, 5.41) is 6.72. The molecular weight excluding hydrogens is 280 g/mol. The Morgan fingerprint density at radius 2 is 1.67 bits per heavy atom. The van der Waals surface area contributed by atoms with E-state index in [2.05, 4.69) is 41.1 Å². The molecule has 0 spiro atoms. The third-order valence-electron chi connectivity index (χ3n) is 4.69. The lowest BCUT2D eigenvalue weighted by Crippen LogP contribution is -2.55. The zero-order chi connectivity index (χ0) is 15.0. The van der Waals surface area contributed by atoms with Crippen molar-refractivity contribution in [2.45, 2.75) is 51.5 Å². The van der Waals surface area contributed by atoms with Gasteiger partial charge in [-0.05, 0) is 26.7 Å². The topological polar surface area (TPSA) is 39.7 Å². The molecule has 2 fully saturated rings. The van der Waals surface area contributed by atoms with Crippen LogP contribution in [-0.2, 0) is 0 Å². The van der Waals surface area contributed by atoms with Gasteiger partial charge in [0.15, 0.2) is 5.96 Å². The Morgan fingerprint density at radius 3 is 2.24 bits per heavy atom. The van der Waals surface area contributed by atoms with Crippen molar-refractivity contribution in [1.29, 1.82) is 0 Å². The third kappa shape index (κ3) is 4.78. The van der Waals surface area contributed by atoms with Crippen LogP contribution >= 0.6 is 11.8 Å². The summed E-state index contributed by atoms with van der Waals surface area (Å²) in [5.74, 6) is 3.56. The van der Waals surface area contributed by atoms with Crippen LogP contribution in [0.3, 0.4) is 0 Å². The van der Waals surface area contributed by atoms with Crippen molar-refractivity contribution in [1.82, 2.24) is 15.5 Å². The van der Waals surface area contributed by atoms with E-state index in [1.165, 1.54) is 56.7 Å². The number of nitrogens with one attached hydrogen (secondary N) is 2. The number of rotatable bonds is 5. The summed E-state index contributed by atoms with van der Waals surface area (Å²) >= 11 is 2.10. The van der Waals surface area contributed by atoms with Gasteiger partial charge in [0, 0.05) is 43.2 Å². The fourth-order valence-corrected chi connectivity index (χ4v) is 4.46. The summed E-state index contributed by atoms with van der Waals surface area (Å²) in [6, 6.07) is 0. The number of hydrogen-bond donors (Lipinski definition) is 2. The lowest BCUT2D eigenvalue weighted by molar-refractivity contribution is 0.0672. The third-order valence-corrected chi connectivity index (χ3v) is 5.63. The molecule has 0 aromatic rings. The molecular formula is C16H32N4S. The second-order valence-electron chi connectivity index (χ2n) is 6.11. The molecule has 4 nitrogen and oxygen atoms in total. The average Bonchev–Trinajstić information content (AvgIpc) is 2.55. The highest BCUT2D eigenvalue weighted by Crippen LogP contribution is 2.35. The number of nitrogens with zero attached hydrogens (tertiary/aromatic N) is 2. The minimum Gasteiger partial charge on any atom is -0.357 e. The second-order valence-corrected chi connectivity index (χ2v) is 7.33. The monoisotopic (exact) mass is 312 g/mol. The highest BCUT2D eigenvalue weighted by atomic mass is 32.2. The van der Waals surface area contributed by atoms with Gasteiger partial charge in [-0.3, -0.25) is 9.89 Å². The average molecular weight is 313 g/mol. The van der Waals surface area contributed by atoms with Crippen molar-refractivity contribution in [2.75, 3.05) is 44.2 Å².